The fraction of sp³-hybridized carbons (Fsp3) is 0.667. The van der Waals surface area contributed by atoms with Crippen molar-refractivity contribution in [2.24, 2.45) is 5.92 Å². The highest BCUT2D eigenvalue weighted by molar-refractivity contribution is 4.97. The second-order valence-electron chi connectivity index (χ2n) is 3.55. The summed E-state index contributed by atoms with van der Waals surface area (Å²) in [5, 5.41) is 0. The Balaban J connectivity index is 4.06. The molecule has 0 rings (SSSR count). The van der Waals surface area contributed by atoms with Gasteiger partial charge in [0.2, 0.25) is 0 Å². The van der Waals surface area contributed by atoms with Gasteiger partial charge in [0.25, 0.3) is 0 Å². The van der Waals surface area contributed by atoms with Gasteiger partial charge in [0.05, 0.1) is 0 Å². The first-order valence-corrected chi connectivity index (χ1v) is 4.97. The molecule has 0 aromatic heterocycles. The number of methoxy groups -OCH3 is 2. The first kappa shape index (κ1) is 13.4. The van der Waals surface area contributed by atoms with Crippen molar-refractivity contribution in [3.63, 3.8) is 0 Å². The summed E-state index contributed by atoms with van der Waals surface area (Å²) in [7, 11) is 3.33. The van der Waals surface area contributed by atoms with Gasteiger partial charge in [0, 0.05) is 20.6 Å². The molecule has 0 heterocycles. The lowest BCUT2D eigenvalue weighted by atomic mass is 9.92. The van der Waals surface area contributed by atoms with Crippen molar-refractivity contribution in [1.82, 2.24) is 0 Å². The quantitative estimate of drug-likeness (QED) is 0.440. The molecule has 0 amide bonds. The zero-order valence-corrected chi connectivity index (χ0v) is 9.58. The first-order valence-electron chi connectivity index (χ1n) is 4.97. The Labute approximate surface area is 87.6 Å². The molecule has 0 unspecified atom stereocenters. The van der Waals surface area contributed by atoms with Crippen LogP contribution in [0.2, 0.25) is 0 Å². The molecule has 0 spiro atoms. The molecule has 0 aliphatic rings. The summed E-state index contributed by atoms with van der Waals surface area (Å²) in [5.74, 6) is 0.456. The van der Waals surface area contributed by atoms with Gasteiger partial charge in [-0.3, -0.25) is 0 Å². The topological polar surface area (TPSA) is 18.5 Å². The van der Waals surface area contributed by atoms with E-state index in [0.29, 0.717) is 5.92 Å². The van der Waals surface area contributed by atoms with Crippen LogP contribution < -0.4 is 0 Å². The molecule has 0 N–H and O–H groups in total. The number of hydrogen-bond donors (Lipinski definition) is 0. The fourth-order valence-electron chi connectivity index (χ4n) is 1.41. The number of rotatable bonds is 8. The highest BCUT2D eigenvalue weighted by Crippen LogP contribution is 2.22. The van der Waals surface area contributed by atoms with Gasteiger partial charge < -0.3 is 9.47 Å². The van der Waals surface area contributed by atoms with Gasteiger partial charge in [-0.25, -0.2) is 0 Å². The zero-order chi connectivity index (χ0) is 11.0. The molecule has 0 saturated heterocycles. The Kier molecular flexibility index (Phi) is 7.44. The third-order valence-electron chi connectivity index (χ3n) is 2.42. The maximum atomic E-state index is 5.17. The maximum absolute atomic E-state index is 5.17. The van der Waals surface area contributed by atoms with E-state index in [-0.39, 0.29) is 6.29 Å². The minimum atomic E-state index is -0.124. The van der Waals surface area contributed by atoms with Crippen LogP contribution in [0.5, 0.6) is 0 Å². The summed E-state index contributed by atoms with van der Waals surface area (Å²) < 4.78 is 10.3. The molecule has 0 radical (unpaired) electrons. The van der Waals surface area contributed by atoms with Gasteiger partial charge in [-0.1, -0.05) is 18.2 Å². The van der Waals surface area contributed by atoms with Crippen LogP contribution in [-0.4, -0.2) is 20.5 Å². The van der Waals surface area contributed by atoms with Crippen molar-refractivity contribution < 1.29 is 9.47 Å². The van der Waals surface area contributed by atoms with Gasteiger partial charge >= 0.3 is 0 Å². The third-order valence-corrected chi connectivity index (χ3v) is 2.42. The molecular formula is C12H22O2. The zero-order valence-electron chi connectivity index (χ0n) is 9.58. The van der Waals surface area contributed by atoms with Crippen molar-refractivity contribution in [1.29, 1.82) is 0 Å². The van der Waals surface area contributed by atoms with Crippen molar-refractivity contribution in [3.05, 3.63) is 24.8 Å². The predicted octanol–water partition coefficient (Wildman–Crippen LogP) is 3.15. The van der Waals surface area contributed by atoms with Crippen molar-refractivity contribution in [2.45, 2.75) is 32.5 Å². The summed E-state index contributed by atoms with van der Waals surface area (Å²) in [6.07, 6.45) is 4.77. The molecule has 0 aliphatic heterocycles. The second kappa shape index (κ2) is 7.77. The van der Waals surface area contributed by atoms with Crippen molar-refractivity contribution >= 4 is 0 Å². The predicted molar refractivity (Wildman–Crippen MR) is 60.2 cm³/mol. The molecule has 0 aromatic carbocycles. The molecular weight excluding hydrogens is 176 g/mol. The van der Waals surface area contributed by atoms with Crippen LogP contribution in [0.1, 0.15) is 26.2 Å². The Hall–Kier alpha value is -0.600. The number of hydrogen-bond acceptors (Lipinski definition) is 2. The number of allylic oxidation sites excluding steroid dienone is 2. The minimum Gasteiger partial charge on any atom is -0.356 e. The molecule has 0 aromatic rings. The van der Waals surface area contributed by atoms with Crippen LogP contribution in [0.25, 0.3) is 0 Å². The summed E-state index contributed by atoms with van der Waals surface area (Å²) in [6.45, 7) is 9.76. The molecule has 82 valence electrons. The van der Waals surface area contributed by atoms with Gasteiger partial charge in [0.15, 0.2) is 6.29 Å². The van der Waals surface area contributed by atoms with Crippen LogP contribution in [0.15, 0.2) is 24.8 Å². The van der Waals surface area contributed by atoms with E-state index in [2.05, 4.69) is 20.1 Å². The molecule has 2 heteroatoms. The van der Waals surface area contributed by atoms with Crippen LogP contribution in [-0.2, 0) is 9.47 Å². The second-order valence-corrected chi connectivity index (χ2v) is 3.55. The third kappa shape index (κ3) is 5.20. The number of ether oxygens (including phenoxy) is 2. The molecule has 0 saturated carbocycles. The Morgan fingerprint density at radius 3 is 2.29 bits per heavy atom. The largest absolute Gasteiger partial charge is 0.356 e. The monoisotopic (exact) mass is 198 g/mol. The van der Waals surface area contributed by atoms with E-state index in [1.165, 1.54) is 5.57 Å². The summed E-state index contributed by atoms with van der Waals surface area (Å²) in [5.41, 5.74) is 1.19. The molecule has 1 atom stereocenters. The molecule has 0 fully saturated rings. The average Bonchev–Trinajstić information content (AvgIpc) is 2.18. The van der Waals surface area contributed by atoms with E-state index >= 15 is 0 Å². The van der Waals surface area contributed by atoms with E-state index in [4.69, 9.17) is 9.47 Å². The Morgan fingerprint density at radius 2 is 1.93 bits per heavy atom. The smallest absolute Gasteiger partial charge is 0.157 e. The van der Waals surface area contributed by atoms with E-state index < -0.39 is 0 Å². The SMILES string of the molecule is C=CCC[C@H](CC(OC)OC)C(=C)C. The normalized spacial score (nSPS) is 12.9. The fourth-order valence-corrected chi connectivity index (χ4v) is 1.41. The van der Waals surface area contributed by atoms with Gasteiger partial charge in [-0.15, -0.1) is 6.58 Å². The molecule has 0 bridgehead atoms. The standard InChI is InChI=1S/C12H22O2/c1-6-7-8-11(10(2)3)9-12(13-4)14-5/h6,11-12H,1-2,7-9H2,3-5H3/t11-/m1/s1. The van der Waals surface area contributed by atoms with E-state index in [0.717, 1.165) is 19.3 Å². The van der Waals surface area contributed by atoms with E-state index in [1.54, 1.807) is 14.2 Å². The van der Waals surface area contributed by atoms with Crippen LogP contribution in [0.3, 0.4) is 0 Å². The average molecular weight is 198 g/mol. The van der Waals surface area contributed by atoms with Crippen molar-refractivity contribution in [2.75, 3.05) is 14.2 Å². The minimum absolute atomic E-state index is 0.124. The van der Waals surface area contributed by atoms with Crippen LogP contribution in [0.4, 0.5) is 0 Å². The highest BCUT2D eigenvalue weighted by atomic mass is 16.7. The molecule has 0 aliphatic carbocycles. The van der Waals surface area contributed by atoms with E-state index in [9.17, 15) is 0 Å². The Bertz CT molecular complexity index is 171. The lowest BCUT2D eigenvalue weighted by molar-refractivity contribution is -0.112. The summed E-state index contributed by atoms with van der Waals surface area (Å²) in [6, 6.07) is 0. The van der Waals surface area contributed by atoms with Gasteiger partial charge in [-0.05, 0) is 25.7 Å². The molecule has 14 heavy (non-hydrogen) atoms. The lowest BCUT2D eigenvalue weighted by Gasteiger charge is -2.21. The van der Waals surface area contributed by atoms with E-state index in [1.807, 2.05) is 6.08 Å². The van der Waals surface area contributed by atoms with Gasteiger partial charge in [0.1, 0.15) is 0 Å². The van der Waals surface area contributed by atoms with Gasteiger partial charge in [-0.2, -0.15) is 0 Å². The van der Waals surface area contributed by atoms with Crippen molar-refractivity contribution in [3.8, 4) is 0 Å². The van der Waals surface area contributed by atoms with Crippen LogP contribution in [0, 0.1) is 5.92 Å². The summed E-state index contributed by atoms with van der Waals surface area (Å²) >= 11 is 0. The van der Waals surface area contributed by atoms with Crippen LogP contribution >= 0.6 is 0 Å². The summed E-state index contributed by atoms with van der Waals surface area (Å²) in [4.78, 5) is 0. The molecule has 2 nitrogen and oxygen atoms in total. The highest BCUT2D eigenvalue weighted by Gasteiger charge is 2.15. The Morgan fingerprint density at radius 1 is 1.36 bits per heavy atom. The lowest BCUT2D eigenvalue weighted by Crippen LogP contribution is -2.18. The first-order chi connectivity index (χ1) is 6.65. The maximum Gasteiger partial charge on any atom is 0.157 e.